The van der Waals surface area contributed by atoms with Crippen LogP contribution in [0, 0.1) is 3.57 Å². The van der Waals surface area contributed by atoms with E-state index in [1.165, 1.54) is 6.20 Å². The number of aliphatic hydroxyl groups excluding tert-OH is 2. The summed E-state index contributed by atoms with van der Waals surface area (Å²) < 4.78 is 19.4. The van der Waals surface area contributed by atoms with Crippen molar-refractivity contribution in [3.63, 3.8) is 0 Å². The van der Waals surface area contributed by atoms with E-state index in [4.69, 9.17) is 15.6 Å². The molecule has 0 saturated carbocycles. The summed E-state index contributed by atoms with van der Waals surface area (Å²) >= 11 is 1.87. The third-order valence-corrected chi connectivity index (χ3v) is 3.62. The Bertz CT molecular complexity index is 576. The number of rotatable bonds is 2. The molecular weight excluding hydrogens is 372 g/mol. The zero-order valence-electron chi connectivity index (χ0n) is 9.53. The number of nitrogens with zero attached hydrogens (tertiary/aromatic N) is 2. The number of anilines is 1. The molecule has 1 aromatic rings. The number of hydrogen-bond donors (Lipinski definition) is 3. The van der Waals surface area contributed by atoms with Gasteiger partial charge in [-0.2, -0.15) is 4.98 Å². The van der Waals surface area contributed by atoms with Crippen molar-refractivity contribution >= 4 is 28.4 Å². The highest BCUT2D eigenvalue weighted by Crippen LogP contribution is 2.32. The van der Waals surface area contributed by atoms with Crippen molar-refractivity contribution in [3.05, 3.63) is 32.2 Å². The normalized spacial score (nSPS) is 29.1. The molecule has 1 aliphatic heterocycles. The molecule has 4 N–H and O–H groups in total. The predicted octanol–water partition coefficient (Wildman–Crippen LogP) is -0.466. The van der Waals surface area contributed by atoms with Crippen LogP contribution in [0.25, 0.3) is 0 Å². The van der Waals surface area contributed by atoms with Gasteiger partial charge in [0, 0.05) is 11.8 Å². The summed E-state index contributed by atoms with van der Waals surface area (Å²) in [5.74, 6) is 0.0642. The number of nitrogens with two attached hydrogens (primary N) is 1. The third kappa shape index (κ3) is 2.50. The second kappa shape index (κ2) is 5.53. The first-order valence-corrected chi connectivity index (χ1v) is 6.36. The van der Waals surface area contributed by atoms with Crippen LogP contribution in [0.15, 0.2) is 22.9 Å². The van der Waals surface area contributed by atoms with Crippen molar-refractivity contribution in [2.24, 2.45) is 0 Å². The van der Waals surface area contributed by atoms with Gasteiger partial charge in [-0.1, -0.05) is 0 Å². The average Bonchev–Trinajstić information content (AvgIpc) is 2.70. The molecule has 2 rings (SSSR count). The van der Waals surface area contributed by atoms with E-state index in [-0.39, 0.29) is 17.7 Å². The number of nitrogen functional groups attached to an aromatic ring is 1. The molecule has 1 fully saturated rings. The first-order valence-electron chi connectivity index (χ1n) is 5.28. The zero-order valence-corrected chi connectivity index (χ0v) is 11.7. The number of hydrogen-bond acceptors (Lipinski definition) is 6. The molecule has 2 heterocycles. The molecule has 3 unspecified atom stereocenters. The lowest BCUT2D eigenvalue weighted by atomic mass is 10.1. The van der Waals surface area contributed by atoms with E-state index in [0.29, 0.717) is 3.57 Å². The summed E-state index contributed by atoms with van der Waals surface area (Å²) in [6.07, 6.45) is -1.98. The number of aromatic nitrogens is 2. The maximum absolute atomic E-state index is 12.7. The van der Waals surface area contributed by atoms with Gasteiger partial charge in [0.15, 0.2) is 6.23 Å². The van der Waals surface area contributed by atoms with Gasteiger partial charge in [0.25, 0.3) is 0 Å². The molecule has 0 amide bonds. The SMILES string of the molecule is Nc1nc(=O)n(C2OC(CO)/C(=C/F)C2O)cc1I. The lowest BCUT2D eigenvalue weighted by Gasteiger charge is -2.17. The van der Waals surface area contributed by atoms with Gasteiger partial charge < -0.3 is 20.7 Å². The van der Waals surface area contributed by atoms with E-state index < -0.39 is 30.7 Å². The minimum atomic E-state index is -1.37. The van der Waals surface area contributed by atoms with E-state index in [9.17, 15) is 14.3 Å². The van der Waals surface area contributed by atoms with Crippen molar-refractivity contribution in [1.82, 2.24) is 9.55 Å². The Morgan fingerprint density at radius 2 is 2.37 bits per heavy atom. The fourth-order valence-corrected chi connectivity index (χ4v) is 2.24. The van der Waals surface area contributed by atoms with E-state index >= 15 is 0 Å². The predicted molar refractivity (Wildman–Crippen MR) is 71.8 cm³/mol. The molecule has 0 spiro atoms. The zero-order chi connectivity index (χ0) is 14.2. The monoisotopic (exact) mass is 383 g/mol. The average molecular weight is 383 g/mol. The smallest absolute Gasteiger partial charge is 0.351 e. The summed E-state index contributed by atoms with van der Waals surface area (Å²) in [6.45, 7) is -0.502. The van der Waals surface area contributed by atoms with Crippen molar-refractivity contribution in [3.8, 4) is 0 Å². The molecule has 0 radical (unpaired) electrons. The molecule has 0 bridgehead atoms. The first-order chi connectivity index (χ1) is 8.99. The quantitative estimate of drug-likeness (QED) is 0.596. The summed E-state index contributed by atoms with van der Waals surface area (Å²) in [6, 6.07) is 0. The second-order valence-electron chi connectivity index (χ2n) is 3.92. The van der Waals surface area contributed by atoms with Gasteiger partial charge in [-0.05, 0) is 22.6 Å². The van der Waals surface area contributed by atoms with Crippen LogP contribution in [0.3, 0.4) is 0 Å². The fraction of sp³-hybridized carbons (Fsp3) is 0.400. The van der Waals surface area contributed by atoms with Crippen LogP contribution < -0.4 is 11.4 Å². The standard InChI is InChI=1S/C10H11FIN3O4/c11-1-4-6(3-16)19-9(7(4)17)15-2-5(12)8(13)14-10(15)18/h1-2,6-7,9,16-17H,3H2,(H2,13,14,18)/b4-1-. The third-order valence-electron chi connectivity index (χ3n) is 2.79. The van der Waals surface area contributed by atoms with Crippen LogP contribution in [-0.2, 0) is 4.74 Å². The van der Waals surface area contributed by atoms with Crippen molar-refractivity contribution in [1.29, 1.82) is 0 Å². The molecule has 7 nitrogen and oxygen atoms in total. The van der Waals surface area contributed by atoms with Crippen molar-refractivity contribution in [2.45, 2.75) is 18.4 Å². The highest BCUT2D eigenvalue weighted by molar-refractivity contribution is 14.1. The molecule has 1 aliphatic rings. The van der Waals surface area contributed by atoms with Gasteiger partial charge in [-0.25, -0.2) is 9.18 Å². The minimum Gasteiger partial charge on any atom is -0.393 e. The second-order valence-corrected chi connectivity index (χ2v) is 5.08. The molecule has 1 aromatic heterocycles. The molecule has 1 saturated heterocycles. The summed E-state index contributed by atoms with van der Waals surface area (Å²) in [5.41, 5.74) is 4.64. The van der Waals surface area contributed by atoms with E-state index in [1.54, 1.807) is 0 Å². The fourth-order valence-electron chi connectivity index (χ4n) is 1.82. The molecule has 0 aliphatic carbocycles. The van der Waals surface area contributed by atoms with Gasteiger partial charge in [-0.15, -0.1) is 0 Å². The Morgan fingerprint density at radius 3 is 2.89 bits per heavy atom. The van der Waals surface area contributed by atoms with Crippen LogP contribution >= 0.6 is 22.6 Å². The topological polar surface area (TPSA) is 111 Å². The Morgan fingerprint density at radius 1 is 1.68 bits per heavy atom. The molecule has 19 heavy (non-hydrogen) atoms. The highest BCUT2D eigenvalue weighted by Gasteiger charge is 2.40. The number of aliphatic hydroxyl groups is 2. The maximum atomic E-state index is 12.7. The molecule has 3 atom stereocenters. The van der Waals surface area contributed by atoms with E-state index in [2.05, 4.69) is 4.98 Å². The summed E-state index contributed by atoms with van der Waals surface area (Å²) in [5, 5.41) is 19.0. The van der Waals surface area contributed by atoms with Gasteiger partial charge in [0.2, 0.25) is 0 Å². The summed E-state index contributed by atoms with van der Waals surface area (Å²) in [7, 11) is 0. The van der Waals surface area contributed by atoms with E-state index in [0.717, 1.165) is 4.57 Å². The van der Waals surface area contributed by atoms with Gasteiger partial charge >= 0.3 is 5.69 Å². The molecular formula is C10H11FIN3O4. The largest absolute Gasteiger partial charge is 0.393 e. The molecule has 9 heteroatoms. The van der Waals surface area contributed by atoms with Crippen LogP contribution in [-0.4, -0.2) is 38.6 Å². The highest BCUT2D eigenvalue weighted by atomic mass is 127. The van der Waals surface area contributed by atoms with Gasteiger partial charge in [0.05, 0.1) is 16.5 Å². The summed E-state index contributed by atoms with van der Waals surface area (Å²) in [4.78, 5) is 15.3. The van der Waals surface area contributed by atoms with Crippen LogP contribution in [0.1, 0.15) is 6.23 Å². The van der Waals surface area contributed by atoms with Crippen molar-refractivity contribution in [2.75, 3.05) is 12.3 Å². The van der Waals surface area contributed by atoms with E-state index in [1.807, 2.05) is 22.6 Å². The number of halogens is 2. The Balaban J connectivity index is 2.44. The lowest BCUT2D eigenvalue weighted by molar-refractivity contribution is -0.0528. The van der Waals surface area contributed by atoms with Crippen LogP contribution in [0.4, 0.5) is 10.2 Å². The van der Waals surface area contributed by atoms with Crippen LogP contribution in [0.5, 0.6) is 0 Å². The Labute approximate surface area is 120 Å². The van der Waals surface area contributed by atoms with Crippen LogP contribution in [0.2, 0.25) is 0 Å². The Hall–Kier alpha value is -1.04. The van der Waals surface area contributed by atoms with Gasteiger partial charge in [-0.3, -0.25) is 4.57 Å². The Kier molecular flexibility index (Phi) is 4.18. The minimum absolute atomic E-state index is 0.0642. The number of ether oxygens (including phenoxy) is 1. The molecule has 0 aromatic carbocycles. The maximum Gasteiger partial charge on any atom is 0.351 e. The lowest BCUT2D eigenvalue weighted by Crippen LogP contribution is -2.32. The van der Waals surface area contributed by atoms with Crippen molar-refractivity contribution < 1.29 is 19.3 Å². The molecule has 104 valence electrons. The van der Waals surface area contributed by atoms with Gasteiger partial charge in [0.1, 0.15) is 18.0 Å². The first kappa shape index (κ1) is 14.4.